The van der Waals surface area contributed by atoms with Gasteiger partial charge in [0.05, 0.1) is 23.0 Å². The van der Waals surface area contributed by atoms with Crippen LogP contribution in [0.15, 0.2) is 46.9 Å². The molecule has 0 aliphatic carbocycles. The molecule has 0 spiro atoms. The van der Waals surface area contributed by atoms with E-state index in [0.717, 1.165) is 15.7 Å². The number of anilines is 2. The van der Waals surface area contributed by atoms with Gasteiger partial charge in [-0.25, -0.2) is 0 Å². The number of rotatable bonds is 3. The fourth-order valence-corrected chi connectivity index (χ4v) is 2.08. The lowest BCUT2D eigenvalue weighted by atomic mass is 10.1. The van der Waals surface area contributed by atoms with E-state index < -0.39 is 0 Å². The van der Waals surface area contributed by atoms with Gasteiger partial charge in [-0.3, -0.25) is 0 Å². The Morgan fingerprint density at radius 2 is 2.06 bits per heavy atom. The van der Waals surface area contributed by atoms with Crippen molar-refractivity contribution in [3.63, 3.8) is 0 Å². The summed E-state index contributed by atoms with van der Waals surface area (Å²) in [5.41, 5.74) is 9.03. The average Bonchev–Trinajstić information content (AvgIpc) is 2.37. The molecule has 2 rings (SSSR count). The van der Waals surface area contributed by atoms with Crippen molar-refractivity contribution in [2.45, 2.75) is 6.54 Å². The maximum absolute atomic E-state index is 8.76. The molecule has 3 nitrogen and oxygen atoms in total. The summed E-state index contributed by atoms with van der Waals surface area (Å²) in [4.78, 5) is 0. The summed E-state index contributed by atoms with van der Waals surface area (Å²) in [6, 6.07) is 15.4. The number of benzene rings is 2. The van der Waals surface area contributed by atoms with E-state index in [1.54, 1.807) is 12.1 Å². The Hall–Kier alpha value is -1.99. The predicted molar refractivity (Wildman–Crippen MR) is 77.0 cm³/mol. The normalized spacial score (nSPS) is 9.78. The number of hydrogen-bond donors (Lipinski definition) is 2. The molecule has 2 aromatic rings. The first kappa shape index (κ1) is 12.5. The van der Waals surface area contributed by atoms with Crippen LogP contribution in [0.4, 0.5) is 11.4 Å². The first-order valence-electron chi connectivity index (χ1n) is 5.47. The van der Waals surface area contributed by atoms with Crippen molar-refractivity contribution in [3.8, 4) is 6.07 Å². The highest BCUT2D eigenvalue weighted by molar-refractivity contribution is 9.10. The molecule has 0 heterocycles. The summed E-state index contributed by atoms with van der Waals surface area (Å²) in [5.74, 6) is 0. The lowest BCUT2D eigenvalue weighted by Gasteiger charge is -2.09. The third-order valence-electron chi connectivity index (χ3n) is 2.55. The Labute approximate surface area is 114 Å². The Morgan fingerprint density at radius 3 is 2.72 bits per heavy atom. The van der Waals surface area contributed by atoms with E-state index >= 15 is 0 Å². The van der Waals surface area contributed by atoms with Crippen LogP contribution in [-0.2, 0) is 6.54 Å². The topological polar surface area (TPSA) is 61.8 Å². The van der Waals surface area contributed by atoms with Crippen molar-refractivity contribution in [2.24, 2.45) is 0 Å². The zero-order valence-corrected chi connectivity index (χ0v) is 11.2. The van der Waals surface area contributed by atoms with Gasteiger partial charge < -0.3 is 11.1 Å². The maximum Gasteiger partial charge on any atom is 0.0992 e. The Kier molecular flexibility index (Phi) is 3.85. The molecule has 4 heteroatoms. The zero-order valence-electron chi connectivity index (χ0n) is 9.65. The van der Waals surface area contributed by atoms with E-state index in [4.69, 9.17) is 11.0 Å². The highest BCUT2D eigenvalue weighted by Crippen LogP contribution is 2.21. The van der Waals surface area contributed by atoms with E-state index in [2.05, 4.69) is 27.3 Å². The lowest BCUT2D eigenvalue weighted by molar-refractivity contribution is 1.15. The quantitative estimate of drug-likeness (QED) is 0.853. The second-order valence-electron chi connectivity index (χ2n) is 3.90. The average molecular weight is 302 g/mol. The second kappa shape index (κ2) is 5.56. The summed E-state index contributed by atoms with van der Waals surface area (Å²) >= 11 is 3.43. The Bertz CT molecular complexity index is 602. The molecule has 90 valence electrons. The third-order valence-corrected chi connectivity index (χ3v) is 3.05. The molecule has 0 saturated carbocycles. The molecule has 0 bridgehead atoms. The standard InChI is InChI=1S/C14H12BrN3/c15-12-3-1-2-11(6-12)9-18-14-5-4-10(8-16)7-13(14)17/h1-7,18H,9,17H2. The molecule has 3 N–H and O–H groups in total. The van der Waals surface area contributed by atoms with Gasteiger partial charge in [0.15, 0.2) is 0 Å². The number of halogens is 1. The molecule has 0 atom stereocenters. The molecule has 18 heavy (non-hydrogen) atoms. The highest BCUT2D eigenvalue weighted by atomic mass is 79.9. The van der Waals surface area contributed by atoms with Crippen LogP contribution in [0.3, 0.4) is 0 Å². The molecule has 0 amide bonds. The molecular formula is C14H12BrN3. The molecule has 0 aliphatic rings. The van der Waals surface area contributed by atoms with Gasteiger partial charge in [0.1, 0.15) is 0 Å². The van der Waals surface area contributed by atoms with Crippen LogP contribution in [0.2, 0.25) is 0 Å². The van der Waals surface area contributed by atoms with Crippen molar-refractivity contribution in [1.29, 1.82) is 5.26 Å². The van der Waals surface area contributed by atoms with Gasteiger partial charge in [0.25, 0.3) is 0 Å². The van der Waals surface area contributed by atoms with Crippen LogP contribution < -0.4 is 11.1 Å². The van der Waals surface area contributed by atoms with Gasteiger partial charge in [-0.2, -0.15) is 5.26 Å². The minimum absolute atomic E-state index is 0.570. The van der Waals surface area contributed by atoms with Crippen LogP contribution in [0, 0.1) is 11.3 Å². The first-order valence-corrected chi connectivity index (χ1v) is 6.26. The van der Waals surface area contributed by atoms with Gasteiger partial charge >= 0.3 is 0 Å². The number of nitrogens with one attached hydrogen (secondary N) is 1. The van der Waals surface area contributed by atoms with E-state index in [9.17, 15) is 0 Å². The van der Waals surface area contributed by atoms with E-state index in [1.165, 1.54) is 0 Å². The highest BCUT2D eigenvalue weighted by Gasteiger charge is 2.01. The number of hydrogen-bond acceptors (Lipinski definition) is 3. The number of nitrogens with zero attached hydrogens (tertiary/aromatic N) is 1. The minimum atomic E-state index is 0.570. The molecule has 0 saturated heterocycles. The van der Waals surface area contributed by atoms with E-state index in [-0.39, 0.29) is 0 Å². The molecule has 0 radical (unpaired) electrons. The van der Waals surface area contributed by atoms with Gasteiger partial charge in [-0.15, -0.1) is 0 Å². The summed E-state index contributed by atoms with van der Waals surface area (Å²) in [5, 5.41) is 12.0. The molecule has 0 unspecified atom stereocenters. The van der Waals surface area contributed by atoms with Crippen molar-refractivity contribution in [2.75, 3.05) is 11.1 Å². The molecule has 0 aliphatic heterocycles. The number of nitriles is 1. The number of nitrogen functional groups attached to an aromatic ring is 1. The lowest BCUT2D eigenvalue weighted by Crippen LogP contribution is -2.02. The SMILES string of the molecule is N#Cc1ccc(NCc2cccc(Br)c2)c(N)c1. The van der Waals surface area contributed by atoms with Gasteiger partial charge in [0, 0.05) is 11.0 Å². The predicted octanol–water partition coefficient (Wildman–Crippen LogP) is 3.52. The largest absolute Gasteiger partial charge is 0.397 e. The van der Waals surface area contributed by atoms with E-state index in [0.29, 0.717) is 17.8 Å². The molecular weight excluding hydrogens is 290 g/mol. The summed E-state index contributed by atoms with van der Waals surface area (Å²) in [7, 11) is 0. The van der Waals surface area contributed by atoms with Gasteiger partial charge in [-0.05, 0) is 35.9 Å². The van der Waals surface area contributed by atoms with Crippen molar-refractivity contribution in [3.05, 3.63) is 58.1 Å². The van der Waals surface area contributed by atoms with Crippen molar-refractivity contribution < 1.29 is 0 Å². The Balaban J connectivity index is 2.09. The maximum atomic E-state index is 8.76. The van der Waals surface area contributed by atoms with Gasteiger partial charge in [0.2, 0.25) is 0 Å². The Morgan fingerprint density at radius 1 is 1.22 bits per heavy atom. The van der Waals surface area contributed by atoms with Crippen molar-refractivity contribution in [1.82, 2.24) is 0 Å². The van der Waals surface area contributed by atoms with Crippen LogP contribution >= 0.6 is 15.9 Å². The van der Waals surface area contributed by atoms with Crippen LogP contribution in [0.5, 0.6) is 0 Å². The second-order valence-corrected chi connectivity index (χ2v) is 4.81. The summed E-state index contributed by atoms with van der Waals surface area (Å²) < 4.78 is 1.05. The molecule has 2 aromatic carbocycles. The monoisotopic (exact) mass is 301 g/mol. The van der Waals surface area contributed by atoms with Crippen LogP contribution in [-0.4, -0.2) is 0 Å². The first-order chi connectivity index (χ1) is 8.69. The third kappa shape index (κ3) is 3.02. The van der Waals surface area contributed by atoms with Crippen LogP contribution in [0.1, 0.15) is 11.1 Å². The van der Waals surface area contributed by atoms with Crippen LogP contribution in [0.25, 0.3) is 0 Å². The summed E-state index contributed by atoms with van der Waals surface area (Å²) in [6.07, 6.45) is 0. The minimum Gasteiger partial charge on any atom is -0.397 e. The summed E-state index contributed by atoms with van der Waals surface area (Å²) in [6.45, 7) is 0.690. The molecule has 0 fully saturated rings. The molecule has 0 aromatic heterocycles. The number of nitrogens with two attached hydrogens (primary N) is 1. The fraction of sp³-hybridized carbons (Fsp3) is 0.0714. The zero-order chi connectivity index (χ0) is 13.0. The van der Waals surface area contributed by atoms with Crippen molar-refractivity contribution >= 4 is 27.3 Å². The van der Waals surface area contributed by atoms with Gasteiger partial charge in [-0.1, -0.05) is 28.1 Å². The fourth-order valence-electron chi connectivity index (χ4n) is 1.64. The smallest absolute Gasteiger partial charge is 0.0992 e. The van der Waals surface area contributed by atoms with E-state index in [1.807, 2.05) is 30.3 Å².